The van der Waals surface area contributed by atoms with E-state index in [1.54, 1.807) is 0 Å². The number of aliphatic carboxylic acids is 1. The average molecular weight is 256 g/mol. The van der Waals surface area contributed by atoms with Crippen LogP contribution in [0.2, 0.25) is 0 Å². The number of hydrogen-bond donors (Lipinski definition) is 2. The molecule has 3 atom stereocenters. The summed E-state index contributed by atoms with van der Waals surface area (Å²) >= 11 is 0. The summed E-state index contributed by atoms with van der Waals surface area (Å²) in [5.41, 5.74) is 0. The first-order valence-electron chi connectivity index (χ1n) is 6.69. The minimum atomic E-state index is -0.985. The van der Waals surface area contributed by atoms with Crippen molar-refractivity contribution in [3.63, 3.8) is 0 Å². The van der Waals surface area contributed by atoms with Crippen LogP contribution >= 0.6 is 0 Å². The first-order valence-corrected chi connectivity index (χ1v) is 6.69. The highest BCUT2D eigenvalue weighted by Crippen LogP contribution is 2.23. The molecule has 0 radical (unpaired) electrons. The van der Waals surface area contributed by atoms with Crippen LogP contribution in [0.1, 0.15) is 46.0 Å². The number of nitrogens with zero attached hydrogens (tertiary/aromatic N) is 1. The third kappa shape index (κ3) is 3.89. The van der Waals surface area contributed by atoms with Gasteiger partial charge in [0.05, 0.1) is 0 Å². The summed E-state index contributed by atoms with van der Waals surface area (Å²) in [6.45, 7) is 3.66. The fraction of sp³-hybridized carbons (Fsp3) is 0.846. The molecule has 1 aliphatic rings. The highest BCUT2D eigenvalue weighted by Gasteiger charge is 2.26. The zero-order valence-corrected chi connectivity index (χ0v) is 11.5. The normalized spacial score (nSPS) is 25.9. The fourth-order valence-corrected chi connectivity index (χ4v) is 2.31. The molecule has 0 aromatic rings. The van der Waals surface area contributed by atoms with Gasteiger partial charge in [-0.05, 0) is 25.7 Å². The van der Waals surface area contributed by atoms with E-state index in [0.29, 0.717) is 5.92 Å². The van der Waals surface area contributed by atoms with Crippen LogP contribution in [0, 0.1) is 5.92 Å². The van der Waals surface area contributed by atoms with Gasteiger partial charge in [0, 0.05) is 13.1 Å². The second kappa shape index (κ2) is 6.61. The van der Waals surface area contributed by atoms with E-state index in [1.807, 2.05) is 0 Å². The number of carboxylic acid groups (broad SMARTS) is 1. The molecule has 5 nitrogen and oxygen atoms in total. The molecule has 0 heterocycles. The second-order valence-electron chi connectivity index (χ2n) is 5.30. The number of carbonyl (C=O) groups excluding carboxylic acids is 1. The minimum Gasteiger partial charge on any atom is -0.480 e. The van der Waals surface area contributed by atoms with E-state index in [0.717, 1.165) is 19.3 Å². The van der Waals surface area contributed by atoms with E-state index in [4.69, 9.17) is 5.11 Å². The van der Waals surface area contributed by atoms with E-state index in [1.165, 1.54) is 31.7 Å². The first kappa shape index (κ1) is 14.8. The van der Waals surface area contributed by atoms with Crippen LogP contribution in [-0.2, 0) is 4.79 Å². The van der Waals surface area contributed by atoms with Crippen molar-refractivity contribution in [2.75, 3.05) is 7.05 Å². The van der Waals surface area contributed by atoms with Gasteiger partial charge < -0.3 is 15.3 Å². The number of amides is 2. The Bertz CT molecular complexity index is 307. The van der Waals surface area contributed by atoms with Crippen molar-refractivity contribution < 1.29 is 14.7 Å². The average Bonchev–Trinajstić information content (AvgIpc) is 2.53. The second-order valence-corrected chi connectivity index (χ2v) is 5.30. The van der Waals surface area contributed by atoms with Crippen molar-refractivity contribution in [2.45, 2.75) is 58.0 Å². The van der Waals surface area contributed by atoms with Crippen LogP contribution in [-0.4, -0.2) is 41.1 Å². The van der Waals surface area contributed by atoms with Crippen LogP contribution in [0.5, 0.6) is 0 Å². The highest BCUT2D eigenvalue weighted by atomic mass is 16.4. The molecular weight excluding hydrogens is 232 g/mol. The predicted octanol–water partition coefficient (Wildman–Crippen LogP) is 2.07. The van der Waals surface area contributed by atoms with E-state index in [9.17, 15) is 9.59 Å². The molecule has 2 N–H and O–H groups in total. The number of hydrogen-bond acceptors (Lipinski definition) is 2. The largest absolute Gasteiger partial charge is 0.480 e. The van der Waals surface area contributed by atoms with Gasteiger partial charge in [-0.3, -0.25) is 0 Å². The Kier molecular flexibility index (Phi) is 5.44. The number of urea groups is 1. The lowest BCUT2D eigenvalue weighted by molar-refractivity contribution is -0.141. The molecule has 3 unspecified atom stereocenters. The van der Waals surface area contributed by atoms with Crippen molar-refractivity contribution in [1.82, 2.24) is 10.2 Å². The quantitative estimate of drug-likeness (QED) is 0.759. The standard InChI is InChI=1S/C13H24N2O3/c1-9-7-5-4-6-8-11(9)14-13(18)15(3)10(2)12(16)17/h9-11H,4-8H2,1-3H3,(H,14,18)(H,16,17). The summed E-state index contributed by atoms with van der Waals surface area (Å²) < 4.78 is 0. The number of likely N-dealkylation sites (N-methyl/N-ethyl adjacent to an activating group) is 1. The van der Waals surface area contributed by atoms with Crippen LogP contribution in [0.15, 0.2) is 0 Å². The Morgan fingerprint density at radius 3 is 2.50 bits per heavy atom. The topological polar surface area (TPSA) is 69.6 Å². The van der Waals surface area contributed by atoms with E-state index < -0.39 is 12.0 Å². The van der Waals surface area contributed by atoms with Gasteiger partial charge in [0.15, 0.2) is 0 Å². The lowest BCUT2D eigenvalue weighted by Gasteiger charge is -2.28. The van der Waals surface area contributed by atoms with Crippen LogP contribution in [0.4, 0.5) is 4.79 Å². The maximum atomic E-state index is 12.0. The lowest BCUT2D eigenvalue weighted by Crippen LogP contribution is -2.50. The molecule has 104 valence electrons. The summed E-state index contributed by atoms with van der Waals surface area (Å²) in [4.78, 5) is 24.1. The SMILES string of the molecule is CC1CCCCCC1NC(=O)N(C)C(C)C(=O)O. The molecular formula is C13H24N2O3. The van der Waals surface area contributed by atoms with Crippen LogP contribution < -0.4 is 5.32 Å². The third-order valence-electron chi connectivity index (χ3n) is 3.93. The Balaban J connectivity index is 2.54. The Hall–Kier alpha value is -1.26. The summed E-state index contributed by atoms with van der Waals surface area (Å²) in [5, 5.41) is 11.9. The van der Waals surface area contributed by atoms with Crippen LogP contribution in [0.25, 0.3) is 0 Å². The van der Waals surface area contributed by atoms with Crippen molar-refractivity contribution in [1.29, 1.82) is 0 Å². The van der Waals surface area contributed by atoms with Gasteiger partial charge in [0.25, 0.3) is 0 Å². The predicted molar refractivity (Wildman–Crippen MR) is 69.4 cm³/mol. The van der Waals surface area contributed by atoms with Crippen molar-refractivity contribution in [3.8, 4) is 0 Å². The Labute approximate surface area is 109 Å². The number of rotatable bonds is 3. The van der Waals surface area contributed by atoms with Gasteiger partial charge in [-0.25, -0.2) is 9.59 Å². The molecule has 1 fully saturated rings. The van der Waals surface area contributed by atoms with Gasteiger partial charge in [-0.2, -0.15) is 0 Å². The summed E-state index contributed by atoms with van der Waals surface area (Å²) in [6, 6.07) is -0.918. The molecule has 0 aliphatic heterocycles. The molecule has 0 saturated heterocycles. The Morgan fingerprint density at radius 1 is 1.28 bits per heavy atom. The zero-order valence-electron chi connectivity index (χ0n) is 11.5. The monoisotopic (exact) mass is 256 g/mol. The van der Waals surface area contributed by atoms with Crippen molar-refractivity contribution in [2.24, 2.45) is 5.92 Å². The molecule has 5 heteroatoms. The van der Waals surface area contributed by atoms with E-state index >= 15 is 0 Å². The molecule has 0 aromatic heterocycles. The maximum absolute atomic E-state index is 12.0. The lowest BCUT2D eigenvalue weighted by atomic mass is 9.97. The van der Waals surface area contributed by atoms with E-state index in [2.05, 4.69) is 12.2 Å². The molecule has 1 saturated carbocycles. The molecule has 0 aromatic carbocycles. The molecule has 2 amide bonds. The van der Waals surface area contributed by atoms with Gasteiger partial charge in [-0.15, -0.1) is 0 Å². The number of carbonyl (C=O) groups is 2. The van der Waals surface area contributed by atoms with Gasteiger partial charge in [0.2, 0.25) is 0 Å². The third-order valence-corrected chi connectivity index (χ3v) is 3.93. The van der Waals surface area contributed by atoms with Gasteiger partial charge >= 0.3 is 12.0 Å². The minimum absolute atomic E-state index is 0.170. The van der Waals surface area contributed by atoms with Crippen molar-refractivity contribution >= 4 is 12.0 Å². The van der Waals surface area contributed by atoms with Gasteiger partial charge in [-0.1, -0.05) is 26.2 Å². The summed E-state index contributed by atoms with van der Waals surface area (Å²) in [5.74, 6) is -0.522. The van der Waals surface area contributed by atoms with Gasteiger partial charge in [0.1, 0.15) is 6.04 Å². The molecule has 18 heavy (non-hydrogen) atoms. The maximum Gasteiger partial charge on any atom is 0.326 e. The Morgan fingerprint density at radius 2 is 1.89 bits per heavy atom. The number of nitrogens with one attached hydrogen (secondary N) is 1. The fourth-order valence-electron chi connectivity index (χ4n) is 2.31. The number of carboxylic acids is 1. The molecule has 0 bridgehead atoms. The van der Waals surface area contributed by atoms with Crippen LogP contribution in [0.3, 0.4) is 0 Å². The molecule has 1 aliphatic carbocycles. The molecule has 0 spiro atoms. The zero-order chi connectivity index (χ0) is 13.7. The van der Waals surface area contributed by atoms with Crippen molar-refractivity contribution in [3.05, 3.63) is 0 Å². The summed E-state index contributed by atoms with van der Waals surface area (Å²) in [6.07, 6.45) is 5.69. The highest BCUT2D eigenvalue weighted by molar-refractivity contribution is 5.82. The first-order chi connectivity index (χ1) is 8.43. The smallest absolute Gasteiger partial charge is 0.326 e. The van der Waals surface area contributed by atoms with E-state index in [-0.39, 0.29) is 12.1 Å². The molecule has 1 rings (SSSR count). The summed E-state index contributed by atoms with van der Waals surface area (Å²) in [7, 11) is 1.52.